The average Bonchev–Trinajstić information content (AvgIpc) is 3.31. The van der Waals surface area contributed by atoms with Crippen LogP contribution in [0.15, 0.2) is 97.3 Å². The van der Waals surface area contributed by atoms with Crippen molar-refractivity contribution >= 4 is 40.4 Å². The average molecular weight is 1040 g/mol. The third kappa shape index (κ3) is 17.7. The number of ether oxygens (including phenoxy) is 1. The SMILES string of the molecule is CC(C)(C)[Si](C)(C)Oc1ccc(NC(=O)N2CCN(Cc3ccc(F)c(F)c3)CC2)nc1.CC(C)(C)[Si](C)(C)Oc1ccc(NC(=O)Oc2ccc(F)cc2)nc1.Fc1ccc(CN2CCNCC2)cc1F. The summed E-state index contributed by atoms with van der Waals surface area (Å²) >= 11 is 0. The number of nitrogens with one attached hydrogen (secondary N) is 3. The lowest BCUT2D eigenvalue weighted by Crippen LogP contribution is -2.49. The summed E-state index contributed by atoms with van der Waals surface area (Å²) in [4.78, 5) is 39.0. The van der Waals surface area contributed by atoms with Crippen LogP contribution in [0.25, 0.3) is 0 Å². The molecule has 3 N–H and O–H groups in total. The van der Waals surface area contributed by atoms with Crippen LogP contribution < -0.4 is 29.5 Å². The van der Waals surface area contributed by atoms with Gasteiger partial charge in [0.1, 0.15) is 34.7 Å². The van der Waals surface area contributed by atoms with Crippen molar-refractivity contribution in [1.29, 1.82) is 0 Å². The summed E-state index contributed by atoms with van der Waals surface area (Å²) in [6.07, 6.45) is 2.53. The van der Waals surface area contributed by atoms with Crippen LogP contribution in [0.4, 0.5) is 43.2 Å². The molecule has 2 saturated heterocycles. The molecule has 0 bridgehead atoms. The second-order valence-corrected chi connectivity index (χ2v) is 30.1. The molecule has 2 fully saturated rings. The van der Waals surface area contributed by atoms with Crippen molar-refractivity contribution in [3.8, 4) is 17.2 Å². The molecule has 72 heavy (non-hydrogen) atoms. The van der Waals surface area contributed by atoms with E-state index in [1.807, 2.05) is 6.07 Å². The molecular weight excluding hydrogens is 968 g/mol. The minimum Gasteiger partial charge on any atom is -0.542 e. The molecule has 3 amide bonds. The van der Waals surface area contributed by atoms with Crippen LogP contribution in [0.3, 0.4) is 0 Å². The van der Waals surface area contributed by atoms with E-state index in [0.29, 0.717) is 68.0 Å². The molecule has 4 heterocycles. The summed E-state index contributed by atoms with van der Waals surface area (Å²) in [5.41, 5.74) is 1.54. The number of rotatable bonds is 11. The van der Waals surface area contributed by atoms with Gasteiger partial charge >= 0.3 is 12.1 Å². The van der Waals surface area contributed by atoms with Gasteiger partial charge in [-0.3, -0.25) is 20.4 Å². The van der Waals surface area contributed by atoms with Crippen LogP contribution in [0.5, 0.6) is 17.2 Å². The second kappa shape index (κ2) is 25.1. The van der Waals surface area contributed by atoms with E-state index in [9.17, 15) is 31.5 Å². The van der Waals surface area contributed by atoms with Gasteiger partial charge in [-0.05, 0) is 120 Å². The van der Waals surface area contributed by atoms with Crippen molar-refractivity contribution < 1.29 is 45.1 Å². The normalized spacial score (nSPS) is 14.7. The maximum atomic E-state index is 13.4. The molecule has 2 aliphatic heterocycles. The number of urea groups is 1. The Bertz CT molecular complexity index is 2530. The third-order valence-corrected chi connectivity index (χ3v) is 21.7. The molecule has 0 atom stereocenters. The predicted octanol–water partition coefficient (Wildman–Crippen LogP) is 11.7. The minimum absolute atomic E-state index is 0.0862. The number of aromatic nitrogens is 2. The van der Waals surface area contributed by atoms with Crippen LogP contribution in [-0.4, -0.2) is 106 Å². The van der Waals surface area contributed by atoms with Crippen molar-refractivity contribution in [3.05, 3.63) is 138 Å². The van der Waals surface area contributed by atoms with E-state index >= 15 is 0 Å². The first-order chi connectivity index (χ1) is 33.8. The fourth-order valence-electron chi connectivity index (χ4n) is 6.62. The Balaban J connectivity index is 0.000000213. The molecule has 13 nitrogen and oxygen atoms in total. The van der Waals surface area contributed by atoms with Gasteiger partial charge in [0.05, 0.1) is 12.4 Å². The molecular formula is C52H69F5N8O5Si2. The van der Waals surface area contributed by atoms with Crippen LogP contribution in [0, 0.1) is 29.1 Å². The quantitative estimate of drug-likeness (QED) is 0.0867. The first kappa shape index (κ1) is 57.0. The summed E-state index contributed by atoms with van der Waals surface area (Å²) in [6, 6.07) is 20.0. The number of nitrogens with zero attached hydrogens (tertiary/aromatic N) is 5. The Morgan fingerprint density at radius 2 is 1.00 bits per heavy atom. The smallest absolute Gasteiger partial charge is 0.418 e. The van der Waals surface area contributed by atoms with Crippen LogP contribution >= 0.6 is 0 Å². The lowest BCUT2D eigenvalue weighted by molar-refractivity contribution is 0.143. The molecule has 3 aromatic carbocycles. The highest BCUT2D eigenvalue weighted by Crippen LogP contribution is 2.38. The van der Waals surface area contributed by atoms with Crippen molar-refractivity contribution in [2.45, 2.75) is 90.9 Å². The largest absolute Gasteiger partial charge is 0.542 e. The van der Waals surface area contributed by atoms with Crippen LogP contribution in [0.2, 0.25) is 36.3 Å². The van der Waals surface area contributed by atoms with Gasteiger partial charge in [0.25, 0.3) is 16.6 Å². The van der Waals surface area contributed by atoms with Gasteiger partial charge in [0.15, 0.2) is 23.3 Å². The van der Waals surface area contributed by atoms with Gasteiger partial charge in [-0.15, -0.1) is 0 Å². The summed E-state index contributed by atoms with van der Waals surface area (Å²) in [7, 11) is -3.88. The van der Waals surface area contributed by atoms with Gasteiger partial charge in [0, 0.05) is 65.4 Å². The Morgan fingerprint density at radius 1 is 0.569 bits per heavy atom. The second-order valence-electron chi connectivity index (χ2n) is 20.7. The number of pyridine rings is 2. The molecule has 390 valence electrons. The van der Waals surface area contributed by atoms with Gasteiger partial charge in [-0.2, -0.15) is 0 Å². The Labute approximate surface area is 422 Å². The highest BCUT2D eigenvalue weighted by Gasteiger charge is 2.40. The number of halogens is 5. The van der Waals surface area contributed by atoms with Gasteiger partial charge < -0.3 is 23.8 Å². The molecule has 7 rings (SSSR count). The van der Waals surface area contributed by atoms with Crippen molar-refractivity contribution in [3.63, 3.8) is 0 Å². The summed E-state index contributed by atoms with van der Waals surface area (Å²) < 4.78 is 82.3. The van der Waals surface area contributed by atoms with E-state index in [4.69, 9.17) is 13.6 Å². The fraction of sp³-hybridized carbons (Fsp3) is 0.423. The number of amides is 3. The molecule has 0 radical (unpaired) electrons. The van der Waals surface area contributed by atoms with E-state index < -0.39 is 51.8 Å². The third-order valence-electron chi connectivity index (χ3n) is 13.0. The highest BCUT2D eigenvalue weighted by molar-refractivity contribution is 6.75. The minimum atomic E-state index is -1.94. The first-order valence-corrected chi connectivity index (χ1v) is 29.7. The molecule has 2 aromatic heterocycles. The van der Waals surface area contributed by atoms with E-state index in [1.165, 1.54) is 42.5 Å². The zero-order valence-electron chi connectivity index (χ0n) is 43.0. The fourth-order valence-corrected chi connectivity index (χ4v) is 8.66. The standard InChI is InChI=1S/C23H32F2N4O2Si.C18H23FN2O3Si.C11H14F2N2/c1-23(2,3)32(4,5)31-18-7-9-21(26-15-18)27-22(30)29-12-10-28(11-13-29)16-17-6-8-19(24)20(25)14-17;1-18(2,3)25(4,5)24-15-10-11-16(20-12-15)21-17(22)23-14-8-6-13(19)7-9-14;12-10-2-1-9(7-11(10)13)8-15-5-3-14-4-6-15/h6-9,14-15H,10-13,16H2,1-5H3,(H,26,27,30);6-12H,1-5H3,(H,20,21,22);1-2,7,14H,3-6,8H2. The van der Waals surface area contributed by atoms with Gasteiger partial charge in [-0.1, -0.05) is 53.7 Å². The topological polar surface area (TPSA) is 133 Å². The highest BCUT2D eigenvalue weighted by atomic mass is 28.4. The monoisotopic (exact) mass is 1040 g/mol. The summed E-state index contributed by atoms with van der Waals surface area (Å²) in [5, 5.41) is 8.77. The number of carbonyl (C=O) groups is 2. The number of anilines is 2. The van der Waals surface area contributed by atoms with Crippen molar-refractivity contribution in [1.82, 2.24) is 30.0 Å². The lowest BCUT2D eigenvalue weighted by atomic mass is 10.2. The van der Waals surface area contributed by atoms with Crippen molar-refractivity contribution in [2.24, 2.45) is 0 Å². The van der Waals surface area contributed by atoms with Gasteiger partial charge in [-0.25, -0.2) is 41.5 Å². The zero-order chi connectivity index (χ0) is 52.9. The first-order valence-electron chi connectivity index (χ1n) is 23.9. The number of hydrogen-bond donors (Lipinski definition) is 3. The van der Waals surface area contributed by atoms with E-state index in [0.717, 1.165) is 37.8 Å². The predicted molar refractivity (Wildman–Crippen MR) is 277 cm³/mol. The Morgan fingerprint density at radius 3 is 1.42 bits per heavy atom. The molecule has 5 aromatic rings. The van der Waals surface area contributed by atoms with E-state index in [1.54, 1.807) is 47.6 Å². The number of hydrogen-bond acceptors (Lipinski definition) is 10. The summed E-state index contributed by atoms with van der Waals surface area (Å²) in [6.45, 7) is 29.1. The lowest BCUT2D eigenvalue weighted by Gasteiger charge is -2.36. The van der Waals surface area contributed by atoms with Crippen LogP contribution in [-0.2, 0) is 13.1 Å². The molecule has 2 aliphatic rings. The molecule has 0 spiro atoms. The van der Waals surface area contributed by atoms with Gasteiger partial charge in [0.2, 0.25) is 0 Å². The number of benzene rings is 3. The maximum absolute atomic E-state index is 13.4. The Kier molecular flexibility index (Phi) is 19.9. The Hall–Kier alpha value is -5.94. The van der Waals surface area contributed by atoms with E-state index in [2.05, 4.69) is 103 Å². The molecule has 0 saturated carbocycles. The van der Waals surface area contributed by atoms with Crippen molar-refractivity contribution in [2.75, 3.05) is 63.0 Å². The molecule has 0 unspecified atom stereocenters. The maximum Gasteiger partial charge on any atom is 0.418 e. The van der Waals surface area contributed by atoms with Crippen LogP contribution in [0.1, 0.15) is 52.7 Å². The zero-order valence-corrected chi connectivity index (χ0v) is 45.0. The number of piperazine rings is 2. The summed E-state index contributed by atoms with van der Waals surface area (Å²) in [5.74, 6) is -1.18. The molecule has 0 aliphatic carbocycles. The number of carbonyl (C=O) groups excluding carboxylic acids is 2. The molecule has 20 heteroatoms. The van der Waals surface area contributed by atoms with E-state index in [-0.39, 0.29) is 21.9 Å².